The minimum absolute atomic E-state index is 0.0864. The van der Waals surface area contributed by atoms with Gasteiger partial charge >= 0.3 is 6.18 Å². The lowest BCUT2D eigenvalue weighted by Crippen LogP contribution is -2.41. The van der Waals surface area contributed by atoms with Gasteiger partial charge in [0.1, 0.15) is 0 Å². The molecule has 1 aliphatic heterocycles. The molecular formula is C16H23F3N2O. The normalized spacial score (nSPS) is 18.6. The van der Waals surface area contributed by atoms with Crippen LogP contribution in [0.3, 0.4) is 0 Å². The maximum absolute atomic E-state index is 12.6. The van der Waals surface area contributed by atoms with E-state index in [4.69, 9.17) is 4.74 Å². The van der Waals surface area contributed by atoms with Gasteiger partial charge < -0.3 is 4.74 Å². The van der Waals surface area contributed by atoms with Crippen molar-refractivity contribution in [1.29, 1.82) is 0 Å². The number of benzene rings is 1. The predicted molar refractivity (Wildman–Crippen MR) is 79.7 cm³/mol. The second-order valence-corrected chi connectivity index (χ2v) is 5.73. The second-order valence-electron chi connectivity index (χ2n) is 5.73. The van der Waals surface area contributed by atoms with E-state index in [1.165, 1.54) is 0 Å². The van der Waals surface area contributed by atoms with Gasteiger partial charge in [-0.2, -0.15) is 13.2 Å². The fraction of sp³-hybridized carbons (Fsp3) is 0.625. The Bertz CT molecular complexity index is 455. The Morgan fingerprint density at radius 3 is 2.32 bits per heavy atom. The fourth-order valence-electron chi connectivity index (χ4n) is 2.52. The monoisotopic (exact) mass is 316 g/mol. The highest BCUT2D eigenvalue weighted by atomic mass is 19.4. The summed E-state index contributed by atoms with van der Waals surface area (Å²) in [7, 11) is 2.00. The summed E-state index contributed by atoms with van der Waals surface area (Å²) in [5.41, 5.74) is 0.303. The second kappa shape index (κ2) is 7.44. The summed E-state index contributed by atoms with van der Waals surface area (Å²) in [5.74, 6) is 0. The third-order valence-corrected chi connectivity index (χ3v) is 4.25. The number of morpholine rings is 1. The summed E-state index contributed by atoms with van der Waals surface area (Å²) in [4.78, 5) is 4.51. The summed E-state index contributed by atoms with van der Waals surface area (Å²) in [6.07, 6.45) is -4.27. The van der Waals surface area contributed by atoms with Crippen LogP contribution in [-0.4, -0.2) is 56.2 Å². The van der Waals surface area contributed by atoms with Crippen molar-refractivity contribution < 1.29 is 17.9 Å². The maximum Gasteiger partial charge on any atom is 0.416 e. The highest BCUT2D eigenvalue weighted by Crippen LogP contribution is 2.30. The maximum atomic E-state index is 12.6. The van der Waals surface area contributed by atoms with Crippen LogP contribution >= 0.6 is 0 Å². The Balaban J connectivity index is 1.88. The molecule has 1 atom stereocenters. The Hall–Kier alpha value is -1.11. The van der Waals surface area contributed by atoms with Crippen LogP contribution in [0.5, 0.6) is 0 Å². The molecule has 0 radical (unpaired) electrons. The number of halogens is 3. The van der Waals surface area contributed by atoms with E-state index in [-0.39, 0.29) is 6.04 Å². The van der Waals surface area contributed by atoms with Gasteiger partial charge in [0, 0.05) is 32.2 Å². The van der Waals surface area contributed by atoms with Crippen LogP contribution in [0.1, 0.15) is 24.1 Å². The summed E-state index contributed by atoms with van der Waals surface area (Å²) in [6, 6.07) is 5.53. The highest BCUT2D eigenvalue weighted by Gasteiger charge is 2.30. The molecule has 1 heterocycles. The minimum atomic E-state index is -4.27. The van der Waals surface area contributed by atoms with Crippen LogP contribution < -0.4 is 0 Å². The molecular weight excluding hydrogens is 293 g/mol. The van der Waals surface area contributed by atoms with Gasteiger partial charge in [-0.1, -0.05) is 12.1 Å². The Labute approximate surface area is 129 Å². The third kappa shape index (κ3) is 4.69. The average Bonchev–Trinajstić information content (AvgIpc) is 2.52. The molecule has 6 heteroatoms. The number of rotatable bonds is 5. The van der Waals surface area contributed by atoms with Crippen LogP contribution in [0, 0.1) is 0 Å². The van der Waals surface area contributed by atoms with Crippen LogP contribution in [-0.2, 0) is 10.9 Å². The van der Waals surface area contributed by atoms with Crippen molar-refractivity contribution >= 4 is 0 Å². The van der Waals surface area contributed by atoms with Gasteiger partial charge in [0.25, 0.3) is 0 Å². The quantitative estimate of drug-likeness (QED) is 0.830. The zero-order valence-corrected chi connectivity index (χ0v) is 13.1. The summed E-state index contributed by atoms with van der Waals surface area (Å²) < 4.78 is 43.1. The van der Waals surface area contributed by atoms with E-state index in [1.54, 1.807) is 12.1 Å². The number of hydrogen-bond acceptors (Lipinski definition) is 3. The SMILES string of the molecule is CC(c1ccc(C(F)(F)F)cc1)N(C)CCN1CCOCC1. The molecule has 1 fully saturated rings. The van der Waals surface area contributed by atoms with Crippen molar-refractivity contribution in [3.63, 3.8) is 0 Å². The number of likely N-dealkylation sites (N-methyl/N-ethyl adjacent to an activating group) is 1. The molecule has 2 rings (SSSR count). The number of hydrogen-bond donors (Lipinski definition) is 0. The largest absolute Gasteiger partial charge is 0.416 e. The van der Waals surface area contributed by atoms with E-state index in [9.17, 15) is 13.2 Å². The van der Waals surface area contributed by atoms with E-state index < -0.39 is 11.7 Å². The molecule has 124 valence electrons. The molecule has 0 amide bonds. The van der Waals surface area contributed by atoms with Crippen LogP contribution in [0.4, 0.5) is 13.2 Å². The van der Waals surface area contributed by atoms with E-state index >= 15 is 0 Å². The van der Waals surface area contributed by atoms with Crippen molar-refractivity contribution in [2.24, 2.45) is 0 Å². The highest BCUT2D eigenvalue weighted by molar-refractivity contribution is 5.26. The van der Waals surface area contributed by atoms with E-state index in [2.05, 4.69) is 9.80 Å². The molecule has 0 saturated carbocycles. The number of alkyl halides is 3. The average molecular weight is 316 g/mol. The number of nitrogens with zero attached hydrogens (tertiary/aromatic N) is 2. The standard InChI is InChI=1S/C16H23F3N2O/c1-13(14-3-5-15(6-4-14)16(17,18)19)20(2)7-8-21-9-11-22-12-10-21/h3-6,13H,7-12H2,1-2H3. The summed E-state index contributed by atoms with van der Waals surface area (Å²) in [5, 5.41) is 0. The molecule has 1 aliphatic rings. The summed E-state index contributed by atoms with van der Waals surface area (Å²) >= 11 is 0. The van der Waals surface area contributed by atoms with Gasteiger partial charge in [0.2, 0.25) is 0 Å². The molecule has 1 unspecified atom stereocenters. The Morgan fingerprint density at radius 1 is 1.18 bits per heavy atom. The molecule has 1 aromatic carbocycles. The van der Waals surface area contributed by atoms with Crippen molar-refractivity contribution in [2.45, 2.75) is 19.1 Å². The van der Waals surface area contributed by atoms with Crippen molar-refractivity contribution in [2.75, 3.05) is 46.4 Å². The first-order valence-electron chi connectivity index (χ1n) is 7.55. The lowest BCUT2D eigenvalue weighted by Gasteiger charge is -2.31. The molecule has 0 spiro atoms. The Morgan fingerprint density at radius 2 is 1.77 bits per heavy atom. The molecule has 0 N–H and O–H groups in total. The third-order valence-electron chi connectivity index (χ3n) is 4.25. The minimum Gasteiger partial charge on any atom is -0.379 e. The van der Waals surface area contributed by atoms with E-state index in [1.807, 2.05) is 14.0 Å². The molecule has 1 saturated heterocycles. The molecule has 1 aromatic rings. The first-order chi connectivity index (χ1) is 10.4. The Kier molecular flexibility index (Phi) is 5.83. The van der Waals surface area contributed by atoms with Gasteiger partial charge in [-0.3, -0.25) is 9.80 Å². The van der Waals surface area contributed by atoms with Gasteiger partial charge in [0.15, 0.2) is 0 Å². The molecule has 0 bridgehead atoms. The van der Waals surface area contributed by atoms with E-state index in [0.717, 1.165) is 57.1 Å². The zero-order chi connectivity index (χ0) is 16.2. The van der Waals surface area contributed by atoms with Gasteiger partial charge in [-0.05, 0) is 31.7 Å². The van der Waals surface area contributed by atoms with E-state index in [0.29, 0.717) is 0 Å². The lowest BCUT2D eigenvalue weighted by atomic mass is 10.0. The molecule has 22 heavy (non-hydrogen) atoms. The topological polar surface area (TPSA) is 15.7 Å². The van der Waals surface area contributed by atoms with Crippen LogP contribution in [0.25, 0.3) is 0 Å². The van der Waals surface area contributed by atoms with Crippen molar-refractivity contribution in [1.82, 2.24) is 9.80 Å². The van der Waals surface area contributed by atoms with Gasteiger partial charge in [0.05, 0.1) is 18.8 Å². The summed E-state index contributed by atoms with van der Waals surface area (Å²) in [6.45, 7) is 7.29. The number of ether oxygens (including phenoxy) is 1. The molecule has 0 aromatic heterocycles. The molecule has 3 nitrogen and oxygen atoms in total. The first-order valence-corrected chi connectivity index (χ1v) is 7.55. The van der Waals surface area contributed by atoms with Gasteiger partial charge in [-0.25, -0.2) is 0 Å². The fourth-order valence-corrected chi connectivity index (χ4v) is 2.52. The van der Waals surface area contributed by atoms with Crippen LogP contribution in [0.2, 0.25) is 0 Å². The zero-order valence-electron chi connectivity index (χ0n) is 13.1. The smallest absolute Gasteiger partial charge is 0.379 e. The lowest BCUT2D eigenvalue weighted by molar-refractivity contribution is -0.137. The van der Waals surface area contributed by atoms with Gasteiger partial charge in [-0.15, -0.1) is 0 Å². The predicted octanol–water partition coefficient (Wildman–Crippen LogP) is 3.03. The van der Waals surface area contributed by atoms with Crippen LogP contribution in [0.15, 0.2) is 24.3 Å². The van der Waals surface area contributed by atoms with Crippen molar-refractivity contribution in [3.05, 3.63) is 35.4 Å². The first kappa shape index (κ1) is 17.2. The molecule has 0 aliphatic carbocycles. The van der Waals surface area contributed by atoms with Crippen molar-refractivity contribution in [3.8, 4) is 0 Å².